The molecule has 0 amide bonds. The van der Waals surface area contributed by atoms with E-state index in [1.165, 1.54) is 18.2 Å². The van der Waals surface area contributed by atoms with Crippen LogP contribution in [0.4, 0.5) is 37.7 Å². The molecule has 8 heteroatoms. The molecular weight excluding hydrogens is 274 g/mol. The molecule has 1 aromatic carbocycles. The highest BCUT2D eigenvalue weighted by molar-refractivity contribution is 5.77. The number of benzene rings is 1. The van der Waals surface area contributed by atoms with Crippen molar-refractivity contribution in [1.29, 1.82) is 0 Å². The number of rotatable bonds is 0. The molecule has 0 saturated carbocycles. The molecule has 0 bridgehead atoms. The summed E-state index contributed by atoms with van der Waals surface area (Å²) in [5, 5.41) is 1.58. The molecule has 1 N–H and O–H groups in total. The van der Waals surface area contributed by atoms with Crippen molar-refractivity contribution in [1.82, 2.24) is 0 Å². The minimum absolute atomic E-state index is 0.0397. The molecule has 2 rings (SSSR count). The normalized spacial score (nSPS) is 18.4. The number of nitrogens with zero attached hydrogens (tertiary/aromatic N) is 1. The van der Waals surface area contributed by atoms with Crippen LogP contribution in [-0.2, 0) is 0 Å². The Labute approximate surface area is 104 Å². The van der Waals surface area contributed by atoms with E-state index in [1.807, 2.05) is 0 Å². The average molecular weight is 282 g/mol. The fourth-order valence-corrected chi connectivity index (χ4v) is 1.79. The van der Waals surface area contributed by atoms with Crippen molar-refractivity contribution < 1.29 is 26.3 Å². The highest BCUT2D eigenvalue weighted by atomic mass is 19.4. The Kier molecular flexibility index (Phi) is 2.98. The fourth-order valence-electron chi connectivity index (χ4n) is 1.79. The largest absolute Gasteiger partial charge is 0.420 e. The van der Waals surface area contributed by atoms with Gasteiger partial charge in [-0.3, -0.25) is 4.99 Å². The summed E-state index contributed by atoms with van der Waals surface area (Å²) in [4.78, 5) is 3.62. The van der Waals surface area contributed by atoms with Crippen LogP contribution in [0.15, 0.2) is 29.3 Å². The van der Waals surface area contributed by atoms with Crippen molar-refractivity contribution in [3.63, 3.8) is 0 Å². The van der Waals surface area contributed by atoms with Crippen LogP contribution in [0.2, 0.25) is 0 Å². The molecule has 0 spiro atoms. The highest BCUT2D eigenvalue weighted by Crippen LogP contribution is 2.49. The van der Waals surface area contributed by atoms with E-state index in [-0.39, 0.29) is 11.4 Å². The number of anilines is 1. The van der Waals surface area contributed by atoms with Crippen molar-refractivity contribution in [3.8, 4) is 0 Å². The summed E-state index contributed by atoms with van der Waals surface area (Å²) in [6.45, 7) is 0. The lowest BCUT2D eigenvalue weighted by atomic mass is 9.93. The number of para-hydroxylation sites is 2. The van der Waals surface area contributed by atoms with Crippen LogP contribution in [0.5, 0.6) is 0 Å². The van der Waals surface area contributed by atoms with Gasteiger partial charge in [-0.1, -0.05) is 12.1 Å². The van der Waals surface area contributed by atoms with Crippen LogP contribution in [0.3, 0.4) is 0 Å². The molecule has 0 atom stereocenters. The van der Waals surface area contributed by atoms with Gasteiger partial charge in [-0.05, 0) is 12.1 Å². The number of hydrogen-bond donors (Lipinski definition) is 1. The minimum atomic E-state index is -5.49. The zero-order valence-electron chi connectivity index (χ0n) is 9.31. The summed E-state index contributed by atoms with van der Waals surface area (Å²) in [5.41, 5.74) is -4.28. The van der Waals surface area contributed by atoms with Crippen LogP contribution in [-0.4, -0.2) is 24.1 Å². The van der Waals surface area contributed by atoms with Crippen LogP contribution in [0.25, 0.3) is 0 Å². The van der Waals surface area contributed by atoms with E-state index in [2.05, 4.69) is 4.99 Å². The van der Waals surface area contributed by atoms with E-state index in [0.717, 1.165) is 6.07 Å². The van der Waals surface area contributed by atoms with E-state index in [4.69, 9.17) is 0 Å². The average Bonchev–Trinajstić information content (AvgIpc) is 2.46. The predicted molar refractivity (Wildman–Crippen MR) is 57.7 cm³/mol. The van der Waals surface area contributed by atoms with Crippen LogP contribution in [0, 0.1) is 0 Å². The molecule has 0 radical (unpaired) electrons. The summed E-state index contributed by atoms with van der Waals surface area (Å²) >= 11 is 0. The maximum absolute atomic E-state index is 12.9. The van der Waals surface area contributed by atoms with Crippen molar-refractivity contribution in [2.24, 2.45) is 4.99 Å². The minimum Gasteiger partial charge on any atom is -0.362 e. The summed E-state index contributed by atoms with van der Waals surface area (Å²) < 4.78 is 77.5. The molecule has 0 aliphatic carbocycles. The van der Waals surface area contributed by atoms with Gasteiger partial charge < -0.3 is 5.32 Å². The van der Waals surface area contributed by atoms with Crippen molar-refractivity contribution >= 4 is 17.6 Å². The van der Waals surface area contributed by atoms with Crippen molar-refractivity contribution in [2.75, 3.05) is 5.32 Å². The number of hydrogen-bond acceptors (Lipinski definition) is 2. The Morgan fingerprint density at radius 3 is 2.16 bits per heavy atom. The molecule has 0 saturated heterocycles. The Balaban J connectivity index is 2.58. The number of halogens is 6. The van der Waals surface area contributed by atoms with Gasteiger partial charge in [0.25, 0.3) is 0 Å². The summed E-state index contributed by atoms with van der Waals surface area (Å²) in [6, 6.07) is 5.28. The van der Waals surface area contributed by atoms with Gasteiger partial charge in [0.05, 0.1) is 11.4 Å². The third-order valence-electron chi connectivity index (χ3n) is 2.85. The molecule has 104 valence electrons. The SMILES string of the molecule is FC(F)(F)C1(C(F)(F)F)CC=Nc2ccccc2N1. The molecule has 0 fully saturated rings. The quantitative estimate of drug-likeness (QED) is 0.713. The Hall–Kier alpha value is -1.73. The Morgan fingerprint density at radius 1 is 1.00 bits per heavy atom. The molecule has 1 heterocycles. The van der Waals surface area contributed by atoms with Crippen molar-refractivity contribution in [2.45, 2.75) is 24.3 Å². The van der Waals surface area contributed by atoms with Crippen LogP contribution >= 0.6 is 0 Å². The lowest BCUT2D eigenvalue weighted by Crippen LogP contribution is -2.62. The van der Waals surface area contributed by atoms with Gasteiger partial charge in [0.15, 0.2) is 0 Å². The number of nitrogens with one attached hydrogen (secondary N) is 1. The van der Waals surface area contributed by atoms with E-state index in [9.17, 15) is 26.3 Å². The zero-order chi connectivity index (χ0) is 14.3. The highest BCUT2D eigenvalue weighted by Gasteiger charge is 2.70. The van der Waals surface area contributed by atoms with E-state index >= 15 is 0 Å². The third kappa shape index (κ3) is 2.15. The van der Waals surface area contributed by atoms with Gasteiger partial charge in [0.1, 0.15) is 0 Å². The first-order chi connectivity index (χ1) is 8.67. The van der Waals surface area contributed by atoms with Gasteiger partial charge >= 0.3 is 12.4 Å². The second-order valence-corrected chi connectivity index (χ2v) is 4.06. The molecule has 2 nitrogen and oxygen atoms in total. The zero-order valence-corrected chi connectivity index (χ0v) is 9.31. The lowest BCUT2D eigenvalue weighted by molar-refractivity contribution is -0.285. The second-order valence-electron chi connectivity index (χ2n) is 4.06. The number of alkyl halides is 6. The van der Waals surface area contributed by atoms with E-state index in [1.54, 1.807) is 5.32 Å². The molecule has 1 aromatic rings. The monoisotopic (exact) mass is 282 g/mol. The van der Waals surface area contributed by atoms with E-state index in [0.29, 0.717) is 6.21 Å². The summed E-state index contributed by atoms with van der Waals surface area (Å²) in [5.74, 6) is 0. The first-order valence-corrected chi connectivity index (χ1v) is 5.20. The van der Waals surface area contributed by atoms with Crippen molar-refractivity contribution in [3.05, 3.63) is 24.3 Å². The van der Waals surface area contributed by atoms with Gasteiger partial charge in [0.2, 0.25) is 5.54 Å². The van der Waals surface area contributed by atoms with E-state index < -0.39 is 24.3 Å². The maximum Gasteiger partial charge on any atom is 0.420 e. The fraction of sp³-hybridized carbons (Fsp3) is 0.364. The molecular formula is C11H8F6N2. The Bertz CT molecular complexity index is 489. The molecule has 0 aromatic heterocycles. The smallest absolute Gasteiger partial charge is 0.362 e. The topological polar surface area (TPSA) is 24.4 Å². The lowest BCUT2D eigenvalue weighted by Gasteiger charge is -2.37. The standard InChI is InChI=1S/C11H8F6N2/c12-10(13,14)9(11(15,16)17)5-6-18-7-3-1-2-4-8(7)19-9/h1-4,6,19H,5H2. The van der Waals surface area contributed by atoms with Gasteiger partial charge in [0, 0.05) is 12.6 Å². The molecule has 19 heavy (non-hydrogen) atoms. The number of fused-ring (bicyclic) bond motifs is 1. The first-order valence-electron chi connectivity index (χ1n) is 5.20. The van der Waals surface area contributed by atoms with Gasteiger partial charge in [-0.25, -0.2) is 0 Å². The van der Waals surface area contributed by atoms with Crippen LogP contribution < -0.4 is 5.32 Å². The van der Waals surface area contributed by atoms with Gasteiger partial charge in [-0.2, -0.15) is 26.3 Å². The summed E-state index contributed by atoms with van der Waals surface area (Å²) in [6.07, 6.45) is -11.7. The predicted octanol–water partition coefficient (Wildman–Crippen LogP) is 4.07. The molecule has 0 unspecified atom stereocenters. The maximum atomic E-state index is 12.9. The van der Waals surface area contributed by atoms with Gasteiger partial charge in [-0.15, -0.1) is 0 Å². The number of aliphatic imine (C=N–C) groups is 1. The molecule has 1 aliphatic rings. The summed E-state index contributed by atoms with van der Waals surface area (Å²) in [7, 11) is 0. The molecule has 1 aliphatic heterocycles. The van der Waals surface area contributed by atoms with Crippen LogP contribution in [0.1, 0.15) is 6.42 Å². The third-order valence-corrected chi connectivity index (χ3v) is 2.85. The first kappa shape index (κ1) is 13.7. The second kappa shape index (κ2) is 4.14. The Morgan fingerprint density at radius 2 is 1.58 bits per heavy atom.